The van der Waals surface area contributed by atoms with Gasteiger partial charge in [0.1, 0.15) is 16.3 Å². The molecule has 1 heterocycles. The number of aromatic amines is 1. The molecule has 0 saturated carbocycles. The Kier molecular flexibility index (Phi) is 4.18. The number of sulfonamides is 1. The number of ether oxygens (including phenoxy) is 2. The third kappa shape index (κ3) is 3.34. The Balaban J connectivity index is 2.21. The lowest BCUT2D eigenvalue weighted by molar-refractivity contribution is 0.0595. The van der Waals surface area contributed by atoms with Gasteiger partial charge in [-0.05, 0) is 30.3 Å². The molecule has 21 heavy (non-hydrogen) atoms. The second-order valence-electron chi connectivity index (χ2n) is 4.07. The molecule has 0 radical (unpaired) electrons. The normalized spacial score (nSPS) is 11.0. The maximum Gasteiger partial charge on any atom is 0.354 e. The van der Waals surface area contributed by atoms with Crippen LogP contribution in [-0.4, -0.2) is 33.6 Å². The molecule has 0 aliphatic carbocycles. The van der Waals surface area contributed by atoms with Crippen LogP contribution in [0.3, 0.4) is 0 Å². The highest BCUT2D eigenvalue weighted by molar-refractivity contribution is 7.92. The number of methoxy groups -OCH3 is 2. The molecule has 0 aliphatic heterocycles. The predicted molar refractivity (Wildman–Crippen MR) is 75.9 cm³/mol. The summed E-state index contributed by atoms with van der Waals surface area (Å²) in [6.45, 7) is 0. The Morgan fingerprint density at radius 1 is 1.19 bits per heavy atom. The lowest BCUT2D eigenvalue weighted by atomic mass is 10.3. The van der Waals surface area contributed by atoms with Gasteiger partial charge in [-0.1, -0.05) is 0 Å². The highest BCUT2D eigenvalue weighted by Crippen LogP contribution is 2.19. The van der Waals surface area contributed by atoms with Gasteiger partial charge in [-0.15, -0.1) is 0 Å². The second kappa shape index (κ2) is 5.88. The first-order chi connectivity index (χ1) is 9.96. The number of rotatable bonds is 5. The SMILES string of the molecule is COC(=O)c1cc(S(=O)(=O)Nc2ccc(OC)cc2)c[nH]1. The number of aromatic nitrogens is 1. The van der Waals surface area contributed by atoms with Crippen LogP contribution in [0.1, 0.15) is 10.5 Å². The van der Waals surface area contributed by atoms with E-state index >= 15 is 0 Å². The fourth-order valence-corrected chi connectivity index (χ4v) is 2.68. The van der Waals surface area contributed by atoms with E-state index in [9.17, 15) is 13.2 Å². The van der Waals surface area contributed by atoms with E-state index in [1.807, 2.05) is 0 Å². The van der Waals surface area contributed by atoms with E-state index in [0.29, 0.717) is 11.4 Å². The fourth-order valence-electron chi connectivity index (χ4n) is 1.63. The van der Waals surface area contributed by atoms with Crippen LogP contribution in [-0.2, 0) is 14.8 Å². The van der Waals surface area contributed by atoms with E-state index in [4.69, 9.17) is 4.74 Å². The summed E-state index contributed by atoms with van der Waals surface area (Å²) in [5, 5.41) is 0. The lowest BCUT2D eigenvalue weighted by Crippen LogP contribution is -2.12. The molecule has 2 aromatic rings. The van der Waals surface area contributed by atoms with Gasteiger partial charge in [0.2, 0.25) is 0 Å². The first kappa shape index (κ1) is 14.9. The minimum Gasteiger partial charge on any atom is -0.497 e. The van der Waals surface area contributed by atoms with Crippen molar-refractivity contribution in [3.63, 3.8) is 0 Å². The van der Waals surface area contributed by atoms with E-state index in [-0.39, 0.29) is 10.6 Å². The maximum absolute atomic E-state index is 12.2. The van der Waals surface area contributed by atoms with Gasteiger partial charge >= 0.3 is 5.97 Å². The van der Waals surface area contributed by atoms with E-state index in [1.165, 1.54) is 26.5 Å². The number of carbonyl (C=O) groups excluding carboxylic acids is 1. The van der Waals surface area contributed by atoms with Gasteiger partial charge in [-0.25, -0.2) is 13.2 Å². The van der Waals surface area contributed by atoms with Crippen LogP contribution in [0, 0.1) is 0 Å². The zero-order valence-corrected chi connectivity index (χ0v) is 12.2. The summed E-state index contributed by atoms with van der Waals surface area (Å²) in [4.78, 5) is 13.8. The van der Waals surface area contributed by atoms with Gasteiger partial charge in [0.25, 0.3) is 10.0 Å². The van der Waals surface area contributed by atoms with E-state index in [1.54, 1.807) is 24.3 Å². The molecule has 0 unspecified atom stereocenters. The molecule has 2 rings (SSSR count). The van der Waals surface area contributed by atoms with Crippen LogP contribution in [0.2, 0.25) is 0 Å². The molecule has 0 spiro atoms. The third-order valence-electron chi connectivity index (χ3n) is 2.71. The van der Waals surface area contributed by atoms with E-state index < -0.39 is 16.0 Å². The topological polar surface area (TPSA) is 97.5 Å². The van der Waals surface area contributed by atoms with Crippen LogP contribution in [0.25, 0.3) is 0 Å². The Hall–Kier alpha value is -2.48. The van der Waals surface area contributed by atoms with Gasteiger partial charge in [0.15, 0.2) is 0 Å². The molecule has 112 valence electrons. The minimum absolute atomic E-state index is 0.0567. The van der Waals surface area contributed by atoms with Crippen molar-refractivity contribution in [1.29, 1.82) is 0 Å². The molecule has 2 N–H and O–H groups in total. The fraction of sp³-hybridized carbons (Fsp3) is 0.154. The zero-order valence-electron chi connectivity index (χ0n) is 11.4. The Morgan fingerprint density at radius 2 is 1.86 bits per heavy atom. The number of anilines is 1. The van der Waals surface area contributed by atoms with Crippen LogP contribution >= 0.6 is 0 Å². The van der Waals surface area contributed by atoms with Crippen molar-refractivity contribution >= 4 is 21.7 Å². The summed E-state index contributed by atoms with van der Waals surface area (Å²) < 4.78 is 36.2. The van der Waals surface area contributed by atoms with Crippen LogP contribution in [0.15, 0.2) is 41.4 Å². The Labute approximate surface area is 121 Å². The van der Waals surface area contributed by atoms with Gasteiger partial charge in [0, 0.05) is 11.9 Å². The summed E-state index contributed by atoms with van der Waals surface area (Å²) >= 11 is 0. The van der Waals surface area contributed by atoms with Crippen molar-refractivity contribution in [3.05, 3.63) is 42.2 Å². The number of H-pyrrole nitrogens is 1. The molecule has 0 saturated heterocycles. The van der Waals surface area contributed by atoms with Gasteiger partial charge in [0.05, 0.1) is 14.2 Å². The molecule has 8 heteroatoms. The van der Waals surface area contributed by atoms with E-state index in [2.05, 4.69) is 14.4 Å². The predicted octanol–water partition coefficient (Wildman–Crippen LogP) is 1.61. The average Bonchev–Trinajstić information content (AvgIpc) is 2.97. The third-order valence-corrected chi connectivity index (χ3v) is 4.08. The highest BCUT2D eigenvalue weighted by Gasteiger charge is 2.18. The molecule has 0 atom stereocenters. The smallest absolute Gasteiger partial charge is 0.354 e. The molecule has 0 aliphatic rings. The first-order valence-corrected chi connectivity index (χ1v) is 7.38. The van der Waals surface area contributed by atoms with Crippen molar-refractivity contribution in [2.75, 3.05) is 18.9 Å². The maximum atomic E-state index is 12.2. The average molecular weight is 310 g/mol. The summed E-state index contributed by atoms with van der Waals surface area (Å²) in [6, 6.07) is 7.62. The standard InChI is InChI=1S/C13H14N2O5S/c1-19-10-5-3-9(4-6-10)15-21(17,18)11-7-12(14-8-11)13(16)20-2/h3-8,14-15H,1-2H3. The van der Waals surface area contributed by atoms with Crippen molar-refractivity contribution < 1.29 is 22.7 Å². The Morgan fingerprint density at radius 3 is 2.43 bits per heavy atom. The van der Waals surface area contributed by atoms with Gasteiger partial charge < -0.3 is 14.5 Å². The number of hydrogen-bond acceptors (Lipinski definition) is 5. The van der Waals surface area contributed by atoms with Gasteiger partial charge in [-0.3, -0.25) is 4.72 Å². The second-order valence-corrected chi connectivity index (χ2v) is 5.76. The molecular formula is C13H14N2O5S. The molecule has 1 aromatic heterocycles. The Bertz CT molecular complexity index is 734. The largest absolute Gasteiger partial charge is 0.497 e. The van der Waals surface area contributed by atoms with Gasteiger partial charge in [-0.2, -0.15) is 0 Å². The van der Waals surface area contributed by atoms with Crippen LogP contribution in [0.4, 0.5) is 5.69 Å². The molecule has 0 bridgehead atoms. The van der Waals surface area contributed by atoms with Crippen LogP contribution in [0.5, 0.6) is 5.75 Å². The van der Waals surface area contributed by atoms with Crippen LogP contribution < -0.4 is 9.46 Å². The molecular weight excluding hydrogens is 296 g/mol. The quantitative estimate of drug-likeness (QED) is 0.818. The lowest BCUT2D eigenvalue weighted by Gasteiger charge is -2.07. The minimum atomic E-state index is -3.78. The summed E-state index contributed by atoms with van der Waals surface area (Å²) in [5.41, 5.74) is 0.448. The molecule has 0 amide bonds. The number of benzene rings is 1. The van der Waals surface area contributed by atoms with E-state index in [0.717, 1.165) is 0 Å². The number of nitrogens with one attached hydrogen (secondary N) is 2. The number of hydrogen-bond donors (Lipinski definition) is 2. The first-order valence-electron chi connectivity index (χ1n) is 5.90. The highest BCUT2D eigenvalue weighted by atomic mass is 32.2. The molecule has 0 fully saturated rings. The van der Waals surface area contributed by atoms with Crippen molar-refractivity contribution in [2.24, 2.45) is 0 Å². The number of carbonyl (C=O) groups is 1. The van der Waals surface area contributed by atoms with Crippen molar-refractivity contribution in [2.45, 2.75) is 4.90 Å². The van der Waals surface area contributed by atoms with Crippen molar-refractivity contribution in [3.8, 4) is 5.75 Å². The summed E-state index contributed by atoms with van der Waals surface area (Å²) in [5.74, 6) is -0.0199. The monoisotopic (exact) mass is 310 g/mol. The number of esters is 1. The van der Waals surface area contributed by atoms with Crippen molar-refractivity contribution in [1.82, 2.24) is 4.98 Å². The zero-order chi connectivity index (χ0) is 15.5. The molecule has 7 nitrogen and oxygen atoms in total. The molecule has 1 aromatic carbocycles. The summed E-state index contributed by atoms with van der Waals surface area (Å²) in [6.07, 6.45) is 1.22. The summed E-state index contributed by atoms with van der Waals surface area (Å²) in [7, 11) is -1.05.